The quantitative estimate of drug-likeness (QED) is 0.895. The van der Waals surface area contributed by atoms with Crippen LogP contribution in [0.3, 0.4) is 0 Å². The number of aryl methyl sites for hydroxylation is 2. The third-order valence-corrected chi connectivity index (χ3v) is 4.39. The lowest BCUT2D eigenvalue weighted by atomic mass is 9.85. The SMILES string of the molecule is Cc1cc(Br)cc2c1C(NC(=O)c1ccccn1)CCC2. The normalized spacial score (nSPS) is 17.1. The Morgan fingerprint density at radius 2 is 2.24 bits per heavy atom. The highest BCUT2D eigenvalue weighted by Gasteiger charge is 2.24. The lowest BCUT2D eigenvalue weighted by Gasteiger charge is -2.28. The molecule has 1 amide bonds. The zero-order valence-corrected chi connectivity index (χ0v) is 13.5. The number of fused-ring (bicyclic) bond motifs is 1. The van der Waals surface area contributed by atoms with E-state index in [-0.39, 0.29) is 11.9 Å². The molecule has 1 aliphatic rings. The zero-order chi connectivity index (χ0) is 14.8. The molecule has 1 unspecified atom stereocenters. The van der Waals surface area contributed by atoms with Gasteiger partial charge in [-0.25, -0.2) is 0 Å². The molecule has 0 bridgehead atoms. The van der Waals surface area contributed by atoms with E-state index in [0.29, 0.717) is 5.69 Å². The van der Waals surface area contributed by atoms with Crippen LogP contribution in [0.4, 0.5) is 0 Å². The van der Waals surface area contributed by atoms with E-state index < -0.39 is 0 Å². The lowest BCUT2D eigenvalue weighted by molar-refractivity contribution is 0.0927. The monoisotopic (exact) mass is 344 g/mol. The number of benzene rings is 1. The maximum absolute atomic E-state index is 12.3. The number of hydrogen-bond acceptors (Lipinski definition) is 2. The van der Waals surface area contributed by atoms with E-state index in [2.05, 4.69) is 45.3 Å². The standard InChI is InChI=1S/C17H17BrN2O/c1-11-9-13(18)10-12-5-4-7-14(16(11)12)20-17(21)15-6-2-3-8-19-15/h2-3,6,8-10,14H,4-5,7H2,1H3,(H,20,21). The molecule has 3 rings (SSSR count). The van der Waals surface area contributed by atoms with Crippen molar-refractivity contribution in [3.63, 3.8) is 0 Å². The Kier molecular flexibility index (Phi) is 4.06. The van der Waals surface area contributed by atoms with Gasteiger partial charge in [-0.05, 0) is 67.1 Å². The summed E-state index contributed by atoms with van der Waals surface area (Å²) in [6, 6.07) is 9.75. The molecule has 108 valence electrons. The van der Waals surface area contributed by atoms with Gasteiger partial charge in [0.1, 0.15) is 5.69 Å². The van der Waals surface area contributed by atoms with E-state index in [9.17, 15) is 4.79 Å². The Hall–Kier alpha value is -1.68. The number of amides is 1. The number of carbonyl (C=O) groups is 1. The van der Waals surface area contributed by atoms with Gasteiger partial charge in [0.2, 0.25) is 0 Å². The highest BCUT2D eigenvalue weighted by atomic mass is 79.9. The lowest BCUT2D eigenvalue weighted by Crippen LogP contribution is -2.32. The highest BCUT2D eigenvalue weighted by Crippen LogP contribution is 2.34. The van der Waals surface area contributed by atoms with Crippen molar-refractivity contribution in [3.8, 4) is 0 Å². The minimum Gasteiger partial charge on any atom is -0.344 e. The number of aromatic nitrogens is 1. The fraction of sp³-hybridized carbons (Fsp3) is 0.294. The summed E-state index contributed by atoms with van der Waals surface area (Å²) >= 11 is 3.55. The first-order chi connectivity index (χ1) is 10.1. The summed E-state index contributed by atoms with van der Waals surface area (Å²) in [4.78, 5) is 16.4. The maximum atomic E-state index is 12.3. The third kappa shape index (κ3) is 3.00. The minimum absolute atomic E-state index is 0.0800. The number of rotatable bonds is 2. The van der Waals surface area contributed by atoms with Gasteiger partial charge in [-0.3, -0.25) is 9.78 Å². The molecule has 0 spiro atoms. The first kappa shape index (κ1) is 14.3. The summed E-state index contributed by atoms with van der Waals surface area (Å²) < 4.78 is 1.11. The topological polar surface area (TPSA) is 42.0 Å². The van der Waals surface area contributed by atoms with E-state index in [4.69, 9.17) is 0 Å². The molecule has 0 radical (unpaired) electrons. The molecular formula is C17H17BrN2O. The zero-order valence-electron chi connectivity index (χ0n) is 11.9. The second kappa shape index (κ2) is 5.98. The largest absolute Gasteiger partial charge is 0.344 e. The predicted octanol–water partition coefficient (Wildman–Crippen LogP) is 3.96. The van der Waals surface area contributed by atoms with Crippen LogP contribution in [0.1, 0.15) is 46.1 Å². The molecule has 1 N–H and O–H groups in total. The van der Waals surface area contributed by atoms with Gasteiger partial charge in [0.15, 0.2) is 0 Å². The molecule has 0 saturated heterocycles. The molecule has 3 nitrogen and oxygen atoms in total. The first-order valence-electron chi connectivity index (χ1n) is 7.16. The Bertz CT molecular complexity index is 670. The van der Waals surface area contributed by atoms with E-state index in [1.807, 2.05) is 12.1 Å². The van der Waals surface area contributed by atoms with Gasteiger partial charge in [-0.1, -0.05) is 22.0 Å². The van der Waals surface area contributed by atoms with Crippen LogP contribution in [0, 0.1) is 6.92 Å². The summed E-state index contributed by atoms with van der Waals surface area (Å²) in [7, 11) is 0. The van der Waals surface area contributed by atoms with E-state index in [1.165, 1.54) is 16.7 Å². The average Bonchev–Trinajstić information content (AvgIpc) is 2.47. The predicted molar refractivity (Wildman–Crippen MR) is 86.3 cm³/mol. The number of halogens is 1. The summed E-state index contributed by atoms with van der Waals surface area (Å²) in [6.45, 7) is 2.11. The minimum atomic E-state index is -0.101. The number of nitrogens with zero attached hydrogens (tertiary/aromatic N) is 1. The van der Waals surface area contributed by atoms with Crippen LogP contribution in [0.2, 0.25) is 0 Å². The number of carbonyl (C=O) groups excluding carboxylic acids is 1. The van der Waals surface area contributed by atoms with Crippen LogP contribution in [0.5, 0.6) is 0 Å². The number of hydrogen-bond donors (Lipinski definition) is 1. The molecule has 2 aromatic rings. The van der Waals surface area contributed by atoms with Crippen molar-refractivity contribution in [2.75, 3.05) is 0 Å². The van der Waals surface area contributed by atoms with Crippen LogP contribution >= 0.6 is 15.9 Å². The van der Waals surface area contributed by atoms with Crippen LogP contribution in [0.25, 0.3) is 0 Å². The third-order valence-electron chi connectivity index (χ3n) is 3.93. The molecule has 0 fully saturated rings. The maximum Gasteiger partial charge on any atom is 0.270 e. The molecule has 0 saturated carbocycles. The van der Waals surface area contributed by atoms with Crippen LogP contribution in [0.15, 0.2) is 41.0 Å². The van der Waals surface area contributed by atoms with Crippen molar-refractivity contribution in [2.24, 2.45) is 0 Å². The molecule has 1 aromatic carbocycles. The Balaban J connectivity index is 1.87. The molecule has 4 heteroatoms. The van der Waals surface area contributed by atoms with E-state index >= 15 is 0 Å². The van der Waals surface area contributed by atoms with Crippen molar-refractivity contribution < 1.29 is 4.79 Å². The molecule has 1 heterocycles. The number of pyridine rings is 1. The summed E-state index contributed by atoms with van der Waals surface area (Å²) in [5.41, 5.74) is 4.30. The fourth-order valence-electron chi connectivity index (χ4n) is 3.04. The smallest absolute Gasteiger partial charge is 0.270 e. The van der Waals surface area contributed by atoms with E-state index in [0.717, 1.165) is 23.7 Å². The Morgan fingerprint density at radius 1 is 1.38 bits per heavy atom. The van der Waals surface area contributed by atoms with Crippen molar-refractivity contribution >= 4 is 21.8 Å². The van der Waals surface area contributed by atoms with Gasteiger partial charge >= 0.3 is 0 Å². The van der Waals surface area contributed by atoms with Crippen LogP contribution in [-0.2, 0) is 6.42 Å². The number of nitrogens with one attached hydrogen (secondary N) is 1. The van der Waals surface area contributed by atoms with Crippen molar-refractivity contribution in [3.05, 3.63) is 63.4 Å². The second-order valence-corrected chi connectivity index (χ2v) is 6.34. The molecule has 1 aliphatic carbocycles. The second-order valence-electron chi connectivity index (χ2n) is 5.43. The average molecular weight is 345 g/mol. The molecule has 1 atom stereocenters. The van der Waals surface area contributed by atoms with Crippen molar-refractivity contribution in [1.82, 2.24) is 10.3 Å². The van der Waals surface area contributed by atoms with Gasteiger partial charge in [-0.2, -0.15) is 0 Å². The van der Waals surface area contributed by atoms with Gasteiger partial charge in [0.25, 0.3) is 5.91 Å². The Morgan fingerprint density at radius 3 is 3.00 bits per heavy atom. The van der Waals surface area contributed by atoms with Crippen LogP contribution in [-0.4, -0.2) is 10.9 Å². The van der Waals surface area contributed by atoms with Gasteiger partial charge in [-0.15, -0.1) is 0 Å². The first-order valence-corrected chi connectivity index (χ1v) is 7.95. The fourth-order valence-corrected chi connectivity index (χ4v) is 3.66. The molecule has 21 heavy (non-hydrogen) atoms. The Labute approximate surface area is 132 Å². The van der Waals surface area contributed by atoms with Crippen LogP contribution < -0.4 is 5.32 Å². The molecule has 1 aromatic heterocycles. The van der Waals surface area contributed by atoms with Gasteiger partial charge in [0, 0.05) is 10.7 Å². The van der Waals surface area contributed by atoms with Crippen molar-refractivity contribution in [1.29, 1.82) is 0 Å². The van der Waals surface area contributed by atoms with Gasteiger partial charge in [0.05, 0.1) is 6.04 Å². The molecular weight excluding hydrogens is 328 g/mol. The highest BCUT2D eigenvalue weighted by molar-refractivity contribution is 9.10. The summed E-state index contributed by atoms with van der Waals surface area (Å²) in [5.74, 6) is -0.101. The van der Waals surface area contributed by atoms with Crippen molar-refractivity contribution in [2.45, 2.75) is 32.2 Å². The van der Waals surface area contributed by atoms with Gasteiger partial charge < -0.3 is 5.32 Å². The van der Waals surface area contributed by atoms with E-state index in [1.54, 1.807) is 12.3 Å². The summed E-state index contributed by atoms with van der Waals surface area (Å²) in [5, 5.41) is 3.13. The molecule has 0 aliphatic heterocycles. The summed E-state index contributed by atoms with van der Waals surface area (Å²) in [6.07, 6.45) is 4.79.